The van der Waals surface area contributed by atoms with Gasteiger partial charge in [-0.2, -0.15) is 0 Å². The summed E-state index contributed by atoms with van der Waals surface area (Å²) >= 11 is 0. The molecule has 1 aromatic carbocycles. The van der Waals surface area contributed by atoms with E-state index < -0.39 is 0 Å². The summed E-state index contributed by atoms with van der Waals surface area (Å²) in [6.07, 6.45) is 5.96. The van der Waals surface area contributed by atoms with Crippen LogP contribution in [0.5, 0.6) is 11.5 Å². The van der Waals surface area contributed by atoms with Crippen molar-refractivity contribution >= 4 is 5.91 Å². The van der Waals surface area contributed by atoms with E-state index in [0.29, 0.717) is 19.3 Å². The molecule has 1 fully saturated rings. The van der Waals surface area contributed by atoms with E-state index in [4.69, 9.17) is 9.47 Å². The molecular weight excluding hydrogens is 340 g/mol. The van der Waals surface area contributed by atoms with E-state index in [1.807, 2.05) is 50.1 Å². The number of hydrogen-bond acceptors (Lipinski definition) is 3. The molecule has 2 heterocycles. The number of fused-ring (bicyclic) bond motifs is 1. The minimum atomic E-state index is 0.124. The second kappa shape index (κ2) is 7.29. The first kappa shape index (κ1) is 18.0. The third kappa shape index (κ3) is 3.31. The van der Waals surface area contributed by atoms with Crippen LogP contribution in [0.25, 0.3) is 5.69 Å². The van der Waals surface area contributed by atoms with E-state index in [1.165, 1.54) is 19.3 Å². The third-order valence-corrected chi connectivity index (χ3v) is 5.89. The van der Waals surface area contributed by atoms with E-state index in [-0.39, 0.29) is 5.91 Å². The number of carbonyl (C=O) groups excluding carboxylic acids is 1. The zero-order valence-corrected chi connectivity index (χ0v) is 16.5. The van der Waals surface area contributed by atoms with Gasteiger partial charge in [0.2, 0.25) is 0 Å². The number of benzene rings is 1. The Kier molecular flexibility index (Phi) is 4.85. The Labute approximate surface area is 160 Å². The zero-order valence-electron chi connectivity index (χ0n) is 16.5. The van der Waals surface area contributed by atoms with Gasteiger partial charge in [-0.1, -0.05) is 19.3 Å². The van der Waals surface area contributed by atoms with Crippen LogP contribution in [0.15, 0.2) is 24.3 Å². The summed E-state index contributed by atoms with van der Waals surface area (Å²) in [6, 6.07) is 8.33. The largest absolute Gasteiger partial charge is 0.486 e. The van der Waals surface area contributed by atoms with Gasteiger partial charge in [0.25, 0.3) is 5.91 Å². The summed E-state index contributed by atoms with van der Waals surface area (Å²) in [5, 5.41) is 0. The first-order chi connectivity index (χ1) is 13.1. The average molecular weight is 368 g/mol. The van der Waals surface area contributed by atoms with Crippen molar-refractivity contribution < 1.29 is 14.3 Å². The lowest BCUT2D eigenvalue weighted by Crippen LogP contribution is -2.38. The van der Waals surface area contributed by atoms with Gasteiger partial charge in [0, 0.05) is 36.2 Å². The van der Waals surface area contributed by atoms with Crippen LogP contribution in [-0.2, 0) is 0 Å². The van der Waals surface area contributed by atoms with Crippen molar-refractivity contribution in [3.8, 4) is 17.2 Å². The maximum atomic E-state index is 13.2. The van der Waals surface area contributed by atoms with E-state index >= 15 is 0 Å². The SMILES string of the molecule is Cc1cc(C(=O)N(C)C2CCCCC2)c(C)n1-c1ccc2c(c1)OCCO2. The number of aromatic nitrogens is 1. The van der Waals surface area contributed by atoms with E-state index in [0.717, 1.165) is 47.0 Å². The molecular formula is C22H28N2O3. The van der Waals surface area contributed by atoms with Gasteiger partial charge < -0.3 is 18.9 Å². The highest BCUT2D eigenvalue weighted by Gasteiger charge is 2.26. The van der Waals surface area contributed by atoms with Gasteiger partial charge in [0.1, 0.15) is 13.2 Å². The Morgan fingerprint density at radius 2 is 1.74 bits per heavy atom. The lowest BCUT2D eigenvalue weighted by atomic mass is 9.94. The standard InChI is InChI=1S/C22H28N2O3/c1-15-13-19(22(25)23(3)17-7-5-4-6-8-17)16(2)24(15)18-9-10-20-21(14-18)27-12-11-26-20/h9-10,13-14,17H,4-8,11-12H2,1-3H3. The van der Waals surface area contributed by atoms with Crippen molar-refractivity contribution in [2.24, 2.45) is 0 Å². The minimum Gasteiger partial charge on any atom is -0.486 e. The minimum absolute atomic E-state index is 0.124. The van der Waals surface area contributed by atoms with Gasteiger partial charge in [-0.05, 0) is 44.9 Å². The first-order valence-electron chi connectivity index (χ1n) is 9.92. The topological polar surface area (TPSA) is 43.7 Å². The Balaban J connectivity index is 1.64. The van der Waals surface area contributed by atoms with Gasteiger partial charge in [0.15, 0.2) is 11.5 Å². The number of rotatable bonds is 3. The summed E-state index contributed by atoms with van der Waals surface area (Å²) in [5.74, 6) is 1.66. The molecule has 5 heteroatoms. The lowest BCUT2D eigenvalue weighted by Gasteiger charge is -2.31. The molecule has 1 amide bonds. The Morgan fingerprint density at radius 3 is 2.48 bits per heavy atom. The van der Waals surface area contributed by atoms with Crippen molar-refractivity contribution in [2.45, 2.75) is 52.0 Å². The van der Waals surface area contributed by atoms with Crippen LogP contribution in [0, 0.1) is 13.8 Å². The average Bonchev–Trinajstić information content (AvgIpc) is 3.01. The smallest absolute Gasteiger partial charge is 0.255 e. The summed E-state index contributed by atoms with van der Waals surface area (Å²) in [7, 11) is 1.95. The normalized spacial score (nSPS) is 17.0. The Bertz CT molecular complexity index is 849. The summed E-state index contributed by atoms with van der Waals surface area (Å²) < 4.78 is 13.5. The number of nitrogens with zero attached hydrogens (tertiary/aromatic N) is 2. The summed E-state index contributed by atoms with van der Waals surface area (Å²) in [6.45, 7) is 5.21. The lowest BCUT2D eigenvalue weighted by molar-refractivity contribution is 0.0695. The number of carbonyl (C=O) groups is 1. The highest BCUT2D eigenvalue weighted by molar-refractivity contribution is 5.96. The maximum absolute atomic E-state index is 13.2. The maximum Gasteiger partial charge on any atom is 0.255 e. The number of ether oxygens (including phenoxy) is 2. The molecule has 0 saturated heterocycles. The molecule has 4 rings (SSSR count). The van der Waals surface area contributed by atoms with Crippen LogP contribution in [0.1, 0.15) is 53.8 Å². The Morgan fingerprint density at radius 1 is 1.04 bits per heavy atom. The first-order valence-corrected chi connectivity index (χ1v) is 9.92. The molecule has 0 bridgehead atoms. The second-order valence-corrected chi connectivity index (χ2v) is 7.66. The molecule has 2 aliphatic rings. The fourth-order valence-electron chi connectivity index (χ4n) is 4.37. The quantitative estimate of drug-likeness (QED) is 0.813. The van der Waals surface area contributed by atoms with Crippen LogP contribution >= 0.6 is 0 Å². The zero-order chi connectivity index (χ0) is 19.0. The molecule has 144 valence electrons. The van der Waals surface area contributed by atoms with Crippen LogP contribution in [0.2, 0.25) is 0 Å². The highest BCUT2D eigenvalue weighted by Crippen LogP contribution is 2.34. The predicted molar refractivity (Wildman–Crippen MR) is 105 cm³/mol. The van der Waals surface area contributed by atoms with Crippen LogP contribution < -0.4 is 9.47 Å². The van der Waals surface area contributed by atoms with E-state index in [1.54, 1.807) is 0 Å². The predicted octanol–water partition coefficient (Wildman–Crippen LogP) is 4.27. The molecule has 0 atom stereocenters. The number of amides is 1. The third-order valence-electron chi connectivity index (χ3n) is 5.89. The van der Waals surface area contributed by atoms with Crippen LogP contribution in [-0.4, -0.2) is 41.7 Å². The van der Waals surface area contributed by atoms with Crippen molar-refractivity contribution in [1.82, 2.24) is 9.47 Å². The molecule has 0 unspecified atom stereocenters. The van der Waals surface area contributed by atoms with Gasteiger partial charge in [-0.15, -0.1) is 0 Å². The molecule has 1 aliphatic carbocycles. The van der Waals surface area contributed by atoms with Crippen molar-refractivity contribution in [2.75, 3.05) is 20.3 Å². The van der Waals surface area contributed by atoms with Gasteiger partial charge in [-0.25, -0.2) is 0 Å². The second-order valence-electron chi connectivity index (χ2n) is 7.66. The van der Waals surface area contributed by atoms with Crippen LogP contribution in [0.3, 0.4) is 0 Å². The molecule has 1 aliphatic heterocycles. The molecule has 1 aromatic heterocycles. The molecule has 1 saturated carbocycles. The van der Waals surface area contributed by atoms with Crippen LogP contribution in [0.4, 0.5) is 0 Å². The molecule has 0 spiro atoms. The van der Waals surface area contributed by atoms with Crippen molar-refractivity contribution in [3.05, 3.63) is 41.2 Å². The molecule has 5 nitrogen and oxygen atoms in total. The highest BCUT2D eigenvalue weighted by atomic mass is 16.6. The molecule has 2 aromatic rings. The monoisotopic (exact) mass is 368 g/mol. The van der Waals surface area contributed by atoms with Gasteiger partial charge in [0.05, 0.1) is 5.56 Å². The van der Waals surface area contributed by atoms with Gasteiger partial charge in [-0.3, -0.25) is 4.79 Å². The number of aryl methyl sites for hydroxylation is 1. The summed E-state index contributed by atoms with van der Waals surface area (Å²) in [5.41, 5.74) is 3.80. The van der Waals surface area contributed by atoms with E-state index in [2.05, 4.69) is 4.57 Å². The fourth-order valence-corrected chi connectivity index (χ4v) is 4.37. The molecule has 27 heavy (non-hydrogen) atoms. The van der Waals surface area contributed by atoms with Crippen molar-refractivity contribution in [1.29, 1.82) is 0 Å². The number of hydrogen-bond donors (Lipinski definition) is 0. The Hall–Kier alpha value is -2.43. The van der Waals surface area contributed by atoms with Gasteiger partial charge >= 0.3 is 0 Å². The van der Waals surface area contributed by atoms with E-state index in [9.17, 15) is 4.79 Å². The molecule has 0 N–H and O–H groups in total. The molecule has 0 radical (unpaired) electrons. The van der Waals surface area contributed by atoms with Crippen molar-refractivity contribution in [3.63, 3.8) is 0 Å². The summed E-state index contributed by atoms with van der Waals surface area (Å²) in [4.78, 5) is 15.1. The fraction of sp³-hybridized carbons (Fsp3) is 0.500.